The van der Waals surface area contributed by atoms with Gasteiger partial charge in [0.05, 0.1) is 12.1 Å². The normalized spacial score (nSPS) is 21.8. The Morgan fingerprint density at radius 2 is 2.04 bits per heavy atom. The van der Waals surface area contributed by atoms with E-state index in [9.17, 15) is 4.79 Å². The maximum Gasteiger partial charge on any atom is 0.249 e. The third-order valence-corrected chi connectivity index (χ3v) is 4.25. The Kier molecular flexibility index (Phi) is 8.03. The van der Waals surface area contributed by atoms with Gasteiger partial charge in [-0.25, -0.2) is 0 Å². The Morgan fingerprint density at radius 3 is 2.61 bits per heavy atom. The molecule has 0 saturated carbocycles. The van der Waals surface area contributed by atoms with Gasteiger partial charge < -0.3 is 15.8 Å². The van der Waals surface area contributed by atoms with Gasteiger partial charge in [0.15, 0.2) is 0 Å². The lowest BCUT2D eigenvalue weighted by atomic mass is 9.93. The third kappa shape index (κ3) is 5.48. The van der Waals surface area contributed by atoms with Gasteiger partial charge in [0.1, 0.15) is 6.10 Å². The Bertz CT molecular complexity index is 508. The number of benzene rings is 1. The van der Waals surface area contributed by atoms with Gasteiger partial charge in [0.25, 0.3) is 0 Å². The number of ether oxygens (including phenoxy) is 1. The predicted octanol–water partition coefficient (Wildman–Crippen LogP) is 3.13. The van der Waals surface area contributed by atoms with Crippen LogP contribution in [0.1, 0.15) is 50.3 Å². The van der Waals surface area contributed by atoms with Crippen LogP contribution in [0.2, 0.25) is 0 Å². The maximum absolute atomic E-state index is 12.5. The van der Waals surface area contributed by atoms with Gasteiger partial charge in [-0.2, -0.15) is 0 Å². The molecule has 2 rings (SSSR count). The summed E-state index contributed by atoms with van der Waals surface area (Å²) in [5, 5.41) is 3.19. The van der Waals surface area contributed by atoms with Crippen molar-refractivity contribution in [3.05, 3.63) is 35.4 Å². The number of carbonyl (C=O) groups excluding carboxylic acids is 1. The van der Waals surface area contributed by atoms with Crippen molar-refractivity contribution in [3.63, 3.8) is 0 Å². The second kappa shape index (κ2) is 9.26. The molecule has 0 aliphatic carbocycles. The van der Waals surface area contributed by atoms with Crippen LogP contribution in [0.15, 0.2) is 24.3 Å². The number of amides is 1. The molecular weight excluding hydrogens is 312 g/mol. The van der Waals surface area contributed by atoms with E-state index in [0.29, 0.717) is 12.5 Å². The van der Waals surface area contributed by atoms with Crippen LogP contribution in [-0.2, 0) is 9.53 Å². The van der Waals surface area contributed by atoms with Crippen LogP contribution in [0, 0.1) is 12.8 Å². The summed E-state index contributed by atoms with van der Waals surface area (Å²) < 4.78 is 5.71. The predicted molar refractivity (Wildman–Crippen MR) is 95.7 cm³/mol. The Labute approximate surface area is 145 Å². The summed E-state index contributed by atoms with van der Waals surface area (Å²) in [6, 6.07) is 8.28. The number of hydrogen-bond donors (Lipinski definition) is 2. The molecule has 1 aromatic rings. The van der Waals surface area contributed by atoms with E-state index in [4.69, 9.17) is 10.5 Å². The molecule has 1 amide bonds. The van der Waals surface area contributed by atoms with Crippen molar-refractivity contribution in [2.45, 2.75) is 58.3 Å². The Balaban J connectivity index is 0.00000264. The lowest BCUT2D eigenvalue weighted by Crippen LogP contribution is -2.38. The van der Waals surface area contributed by atoms with E-state index in [2.05, 4.69) is 38.2 Å². The summed E-state index contributed by atoms with van der Waals surface area (Å²) in [5.74, 6) is 0.496. The average Bonchev–Trinajstić information content (AvgIpc) is 2.95. The molecule has 1 saturated heterocycles. The molecular formula is C18H29ClN2O2. The quantitative estimate of drug-likeness (QED) is 0.836. The van der Waals surface area contributed by atoms with Gasteiger partial charge in [0, 0.05) is 6.54 Å². The second-order valence-electron chi connectivity index (χ2n) is 6.61. The zero-order valence-electron chi connectivity index (χ0n) is 14.2. The molecule has 1 unspecified atom stereocenters. The number of nitrogens with two attached hydrogens (primary N) is 1. The monoisotopic (exact) mass is 340 g/mol. The zero-order valence-corrected chi connectivity index (χ0v) is 15.1. The minimum atomic E-state index is -0.354. The molecule has 1 aliphatic heterocycles. The lowest BCUT2D eigenvalue weighted by molar-refractivity contribution is -0.132. The van der Waals surface area contributed by atoms with E-state index in [0.717, 1.165) is 19.3 Å². The molecule has 23 heavy (non-hydrogen) atoms. The van der Waals surface area contributed by atoms with Gasteiger partial charge in [-0.3, -0.25) is 4.79 Å². The number of halogens is 1. The first-order valence-corrected chi connectivity index (χ1v) is 8.22. The summed E-state index contributed by atoms with van der Waals surface area (Å²) in [4.78, 5) is 12.5. The van der Waals surface area contributed by atoms with Crippen LogP contribution in [0.5, 0.6) is 0 Å². The molecule has 5 heteroatoms. The highest BCUT2D eigenvalue weighted by Crippen LogP contribution is 2.26. The molecule has 3 atom stereocenters. The van der Waals surface area contributed by atoms with Crippen molar-refractivity contribution >= 4 is 18.3 Å². The standard InChI is InChI=1S/C18H28N2O2.ClH/c1-12(2)10-16(15-7-5-4-6-13(15)3)20-18(21)17-9-8-14(11-19)22-17;/h4-7,12,14,16-17H,8-11,19H2,1-3H3,(H,20,21);1H/t14-,16?,17+;/m1./s1. The highest BCUT2D eigenvalue weighted by Gasteiger charge is 2.31. The molecule has 4 nitrogen and oxygen atoms in total. The number of hydrogen-bond acceptors (Lipinski definition) is 3. The minimum absolute atomic E-state index is 0. The number of rotatable bonds is 6. The second-order valence-corrected chi connectivity index (χ2v) is 6.61. The lowest BCUT2D eigenvalue weighted by Gasteiger charge is -2.24. The highest BCUT2D eigenvalue weighted by molar-refractivity contribution is 5.85. The van der Waals surface area contributed by atoms with Crippen molar-refractivity contribution < 1.29 is 9.53 Å². The van der Waals surface area contributed by atoms with Crippen LogP contribution in [0.4, 0.5) is 0 Å². The van der Waals surface area contributed by atoms with E-state index in [-0.39, 0.29) is 36.6 Å². The van der Waals surface area contributed by atoms with E-state index in [1.165, 1.54) is 11.1 Å². The summed E-state index contributed by atoms with van der Waals surface area (Å²) in [6.07, 6.45) is 2.22. The first-order chi connectivity index (χ1) is 10.5. The van der Waals surface area contributed by atoms with Crippen LogP contribution in [-0.4, -0.2) is 24.7 Å². The largest absolute Gasteiger partial charge is 0.364 e. The first kappa shape index (κ1) is 19.9. The fourth-order valence-corrected chi connectivity index (χ4v) is 3.05. The number of carbonyl (C=O) groups is 1. The van der Waals surface area contributed by atoms with E-state index in [1.807, 2.05) is 12.1 Å². The fraction of sp³-hybridized carbons (Fsp3) is 0.611. The first-order valence-electron chi connectivity index (χ1n) is 8.22. The molecule has 1 aromatic carbocycles. The van der Waals surface area contributed by atoms with Gasteiger partial charge in [0.2, 0.25) is 5.91 Å². The molecule has 0 spiro atoms. The molecule has 1 fully saturated rings. The van der Waals surface area contributed by atoms with Crippen molar-refractivity contribution in [1.82, 2.24) is 5.32 Å². The number of nitrogens with one attached hydrogen (secondary N) is 1. The maximum atomic E-state index is 12.5. The van der Waals surface area contributed by atoms with Crippen molar-refractivity contribution in [2.24, 2.45) is 11.7 Å². The van der Waals surface area contributed by atoms with Gasteiger partial charge in [-0.15, -0.1) is 12.4 Å². The average molecular weight is 341 g/mol. The summed E-state index contributed by atoms with van der Waals surface area (Å²) in [7, 11) is 0. The van der Waals surface area contributed by atoms with Gasteiger partial charge in [-0.05, 0) is 43.2 Å². The summed E-state index contributed by atoms with van der Waals surface area (Å²) >= 11 is 0. The van der Waals surface area contributed by atoms with Crippen molar-refractivity contribution in [3.8, 4) is 0 Å². The topological polar surface area (TPSA) is 64.4 Å². The molecule has 3 N–H and O–H groups in total. The van der Waals surface area contributed by atoms with Crippen LogP contribution >= 0.6 is 12.4 Å². The molecule has 0 radical (unpaired) electrons. The van der Waals surface area contributed by atoms with Crippen LogP contribution in [0.3, 0.4) is 0 Å². The van der Waals surface area contributed by atoms with Crippen LogP contribution < -0.4 is 11.1 Å². The number of aryl methyl sites for hydroxylation is 1. The Hall–Kier alpha value is -1.10. The fourth-order valence-electron chi connectivity index (χ4n) is 3.05. The van der Waals surface area contributed by atoms with E-state index in [1.54, 1.807) is 0 Å². The molecule has 0 bridgehead atoms. The van der Waals surface area contributed by atoms with Gasteiger partial charge in [-0.1, -0.05) is 38.1 Å². The molecule has 1 aliphatic rings. The third-order valence-electron chi connectivity index (χ3n) is 4.25. The molecule has 0 aromatic heterocycles. The van der Waals surface area contributed by atoms with E-state index >= 15 is 0 Å². The van der Waals surface area contributed by atoms with Crippen molar-refractivity contribution in [2.75, 3.05) is 6.54 Å². The zero-order chi connectivity index (χ0) is 16.1. The summed E-state index contributed by atoms with van der Waals surface area (Å²) in [5.41, 5.74) is 8.02. The molecule has 1 heterocycles. The highest BCUT2D eigenvalue weighted by atomic mass is 35.5. The molecule has 130 valence electrons. The van der Waals surface area contributed by atoms with Gasteiger partial charge >= 0.3 is 0 Å². The van der Waals surface area contributed by atoms with E-state index < -0.39 is 0 Å². The smallest absolute Gasteiger partial charge is 0.249 e. The summed E-state index contributed by atoms with van der Waals surface area (Å²) in [6.45, 7) is 6.92. The van der Waals surface area contributed by atoms with Crippen molar-refractivity contribution in [1.29, 1.82) is 0 Å². The van der Waals surface area contributed by atoms with Crippen LogP contribution in [0.25, 0.3) is 0 Å². The Morgan fingerprint density at radius 1 is 1.35 bits per heavy atom. The minimum Gasteiger partial charge on any atom is -0.364 e. The SMILES string of the molecule is Cc1ccccc1C(CC(C)C)NC(=O)[C@@H]1CC[C@H](CN)O1.Cl.